The molecule has 29 heavy (non-hydrogen) atoms. The van der Waals surface area contributed by atoms with Crippen molar-refractivity contribution in [3.05, 3.63) is 28.0 Å². The Morgan fingerprint density at radius 1 is 1.28 bits per heavy atom. The maximum atomic E-state index is 13.0. The molecule has 0 aromatic carbocycles. The van der Waals surface area contributed by atoms with Crippen LogP contribution in [-0.4, -0.2) is 20.7 Å². The Kier molecular flexibility index (Phi) is 8.05. The molecule has 10 heteroatoms. The van der Waals surface area contributed by atoms with Crippen molar-refractivity contribution in [3.8, 4) is 5.88 Å². The summed E-state index contributed by atoms with van der Waals surface area (Å²) in [5.74, 6) is -0.876. The number of nitrogens with zero attached hydrogens (tertiary/aromatic N) is 4. The van der Waals surface area contributed by atoms with Crippen LogP contribution < -0.4 is 10.9 Å². The molecule has 2 heterocycles. The predicted octanol–water partition coefficient (Wildman–Crippen LogP) is 4.59. The van der Waals surface area contributed by atoms with E-state index >= 15 is 0 Å². The van der Waals surface area contributed by atoms with Crippen molar-refractivity contribution in [3.63, 3.8) is 0 Å². The molecule has 1 amide bonds. The molecule has 2 rings (SSSR count). The van der Waals surface area contributed by atoms with Crippen LogP contribution in [0.5, 0.6) is 5.88 Å². The summed E-state index contributed by atoms with van der Waals surface area (Å²) in [4.78, 5) is 24.7. The smallest absolute Gasteiger partial charge is 0.308 e. The van der Waals surface area contributed by atoms with E-state index in [9.17, 15) is 19.1 Å². The molecule has 0 spiro atoms. The third-order valence-electron chi connectivity index (χ3n) is 4.30. The van der Waals surface area contributed by atoms with Gasteiger partial charge < -0.3 is 14.9 Å². The Labute approximate surface area is 167 Å². The molecule has 0 aliphatic carbocycles. The first kappa shape index (κ1) is 22.3. The number of halogens is 1. The topological polar surface area (TPSA) is 122 Å². The fourth-order valence-corrected chi connectivity index (χ4v) is 2.87. The van der Waals surface area contributed by atoms with E-state index in [1.54, 1.807) is 0 Å². The van der Waals surface area contributed by atoms with Crippen LogP contribution in [0, 0.1) is 6.01 Å². The lowest BCUT2D eigenvalue weighted by Gasteiger charge is -2.17. The van der Waals surface area contributed by atoms with E-state index in [1.807, 2.05) is 13.8 Å². The number of aromatic nitrogens is 2. The van der Waals surface area contributed by atoms with Crippen molar-refractivity contribution in [2.24, 2.45) is 10.2 Å². The van der Waals surface area contributed by atoms with E-state index in [1.165, 1.54) is 11.5 Å². The van der Waals surface area contributed by atoms with Crippen LogP contribution in [0.2, 0.25) is 0 Å². The van der Waals surface area contributed by atoms with Gasteiger partial charge in [0.1, 0.15) is 5.69 Å². The number of amides is 1. The molecule has 0 saturated heterocycles. The highest BCUT2D eigenvalue weighted by molar-refractivity contribution is 5.90. The normalized spacial score (nSPS) is 11.3. The van der Waals surface area contributed by atoms with Gasteiger partial charge in [0, 0.05) is 19.0 Å². The van der Waals surface area contributed by atoms with Gasteiger partial charge in [0.05, 0.1) is 6.07 Å². The van der Waals surface area contributed by atoms with Crippen LogP contribution in [0.25, 0.3) is 0 Å². The maximum Gasteiger partial charge on any atom is 0.308 e. The summed E-state index contributed by atoms with van der Waals surface area (Å²) in [6.07, 6.45) is 4.40. The van der Waals surface area contributed by atoms with E-state index in [-0.39, 0.29) is 29.6 Å². The average molecular weight is 407 g/mol. The van der Waals surface area contributed by atoms with Crippen molar-refractivity contribution < 1.29 is 18.8 Å². The third kappa shape index (κ3) is 5.72. The van der Waals surface area contributed by atoms with Gasteiger partial charge in [0.15, 0.2) is 5.69 Å². The number of carbonyl (C=O) groups excluding carboxylic acids is 1. The van der Waals surface area contributed by atoms with Gasteiger partial charge >= 0.3 is 6.01 Å². The summed E-state index contributed by atoms with van der Waals surface area (Å²) in [5.41, 5.74) is -0.00224. The number of aromatic hydroxyl groups is 1. The second-order valence-corrected chi connectivity index (χ2v) is 6.66. The van der Waals surface area contributed by atoms with Gasteiger partial charge in [-0.15, -0.1) is 10.2 Å². The maximum absolute atomic E-state index is 13.0. The zero-order valence-electron chi connectivity index (χ0n) is 16.9. The highest BCUT2D eigenvalue weighted by Gasteiger charge is 2.22. The highest BCUT2D eigenvalue weighted by Crippen LogP contribution is 2.36. The average Bonchev–Trinajstić information content (AvgIpc) is 3.09. The van der Waals surface area contributed by atoms with Gasteiger partial charge in [-0.1, -0.05) is 38.3 Å². The standard InChI is InChI=1S/C19H26FN5O4/c1-4-6-8-10-25-18(27)16(21-12(3)26)13(9-7-5-2)17(19(25)28)23-22-15-11-14(20)29-24-15/h11,28H,4-10H2,1-3H3,(H,21,26). The van der Waals surface area contributed by atoms with E-state index in [0.717, 1.165) is 25.3 Å². The number of nitrogens with one attached hydrogen (secondary N) is 1. The molecule has 2 aromatic heterocycles. The summed E-state index contributed by atoms with van der Waals surface area (Å²) in [6.45, 7) is 5.57. The van der Waals surface area contributed by atoms with Crippen LogP contribution in [0.3, 0.4) is 0 Å². The van der Waals surface area contributed by atoms with E-state index < -0.39 is 17.5 Å². The summed E-state index contributed by atoms with van der Waals surface area (Å²) < 4.78 is 18.5. The Morgan fingerprint density at radius 3 is 2.59 bits per heavy atom. The molecular formula is C19H26FN5O4. The Bertz CT molecular complexity index is 935. The minimum atomic E-state index is -0.919. The molecule has 158 valence electrons. The van der Waals surface area contributed by atoms with Gasteiger partial charge in [-0.25, -0.2) is 0 Å². The molecule has 0 saturated carbocycles. The number of anilines is 1. The first-order valence-electron chi connectivity index (χ1n) is 9.69. The third-order valence-corrected chi connectivity index (χ3v) is 4.30. The number of pyridine rings is 1. The SMILES string of the molecule is CCCCCn1c(O)c(N=Nc2cc(F)on2)c(CCCC)c(NC(C)=O)c1=O. The Balaban J connectivity index is 2.63. The van der Waals surface area contributed by atoms with Crippen molar-refractivity contribution in [2.75, 3.05) is 5.32 Å². The van der Waals surface area contributed by atoms with E-state index in [2.05, 4.69) is 25.2 Å². The molecule has 9 nitrogen and oxygen atoms in total. The van der Waals surface area contributed by atoms with E-state index in [4.69, 9.17) is 0 Å². The fourth-order valence-electron chi connectivity index (χ4n) is 2.87. The molecule has 0 fully saturated rings. The predicted molar refractivity (Wildman–Crippen MR) is 105 cm³/mol. The van der Waals surface area contributed by atoms with Gasteiger partial charge in [0.25, 0.3) is 5.56 Å². The zero-order chi connectivity index (χ0) is 21.4. The number of hydrogen-bond donors (Lipinski definition) is 2. The largest absolute Gasteiger partial charge is 0.493 e. The van der Waals surface area contributed by atoms with Crippen molar-refractivity contribution in [1.29, 1.82) is 0 Å². The van der Waals surface area contributed by atoms with Crippen LogP contribution >= 0.6 is 0 Å². The molecule has 0 aliphatic rings. The minimum absolute atomic E-state index is 0.0432. The fraction of sp³-hybridized carbons (Fsp3) is 0.526. The number of carbonyl (C=O) groups is 1. The Morgan fingerprint density at radius 2 is 2.00 bits per heavy atom. The lowest BCUT2D eigenvalue weighted by molar-refractivity contribution is -0.114. The molecule has 0 aliphatic heterocycles. The summed E-state index contributed by atoms with van der Waals surface area (Å²) in [7, 11) is 0. The van der Waals surface area contributed by atoms with Crippen LogP contribution in [0.1, 0.15) is 58.4 Å². The van der Waals surface area contributed by atoms with Crippen LogP contribution in [-0.2, 0) is 17.8 Å². The molecule has 2 N–H and O–H groups in total. The van der Waals surface area contributed by atoms with Crippen molar-refractivity contribution >= 4 is 23.1 Å². The lowest BCUT2D eigenvalue weighted by Crippen LogP contribution is -2.27. The van der Waals surface area contributed by atoms with Gasteiger partial charge in [-0.3, -0.25) is 14.2 Å². The molecule has 0 atom stereocenters. The number of unbranched alkanes of at least 4 members (excludes halogenated alkanes) is 3. The molecule has 0 radical (unpaired) electrons. The van der Waals surface area contributed by atoms with Crippen molar-refractivity contribution in [1.82, 2.24) is 9.72 Å². The first-order chi connectivity index (χ1) is 13.9. The Hall–Kier alpha value is -3.04. The van der Waals surface area contributed by atoms with Gasteiger partial charge in [-0.2, -0.15) is 4.39 Å². The molecule has 2 aromatic rings. The lowest BCUT2D eigenvalue weighted by atomic mass is 10.1. The zero-order valence-corrected chi connectivity index (χ0v) is 16.9. The van der Waals surface area contributed by atoms with Crippen LogP contribution in [0.15, 0.2) is 25.6 Å². The summed E-state index contributed by atoms with van der Waals surface area (Å²) >= 11 is 0. The number of rotatable bonds is 10. The molecule has 0 bridgehead atoms. The first-order valence-corrected chi connectivity index (χ1v) is 9.69. The quantitative estimate of drug-likeness (QED) is 0.441. The number of hydrogen-bond acceptors (Lipinski definition) is 7. The second kappa shape index (κ2) is 10.5. The molecule has 0 unspecified atom stereocenters. The second-order valence-electron chi connectivity index (χ2n) is 6.66. The monoisotopic (exact) mass is 407 g/mol. The molecular weight excluding hydrogens is 381 g/mol. The minimum Gasteiger partial charge on any atom is -0.493 e. The van der Waals surface area contributed by atoms with Crippen LogP contribution in [0.4, 0.5) is 21.6 Å². The summed E-state index contributed by atoms with van der Waals surface area (Å²) in [5, 5.41) is 24.6. The van der Waals surface area contributed by atoms with E-state index in [0.29, 0.717) is 24.8 Å². The highest BCUT2D eigenvalue weighted by atomic mass is 19.1. The van der Waals surface area contributed by atoms with Gasteiger partial charge in [-0.05, 0) is 19.3 Å². The summed E-state index contributed by atoms with van der Waals surface area (Å²) in [6, 6.07) is 0.0241. The van der Waals surface area contributed by atoms with Crippen molar-refractivity contribution in [2.45, 2.75) is 65.8 Å². The number of azo groups is 1. The van der Waals surface area contributed by atoms with Gasteiger partial charge in [0.2, 0.25) is 17.6 Å².